The van der Waals surface area contributed by atoms with E-state index < -0.39 is 0 Å². The lowest BCUT2D eigenvalue weighted by Crippen LogP contribution is -2.36. The van der Waals surface area contributed by atoms with Gasteiger partial charge in [0.1, 0.15) is 0 Å². The quantitative estimate of drug-likeness (QED) is 0.734. The zero-order chi connectivity index (χ0) is 18.6. The summed E-state index contributed by atoms with van der Waals surface area (Å²) < 4.78 is 6.48. The van der Waals surface area contributed by atoms with Gasteiger partial charge in [-0.15, -0.1) is 0 Å². The third-order valence-electron chi connectivity index (χ3n) is 4.52. The average molecular weight is 382 g/mol. The molecule has 1 N–H and O–H groups in total. The fourth-order valence-electron chi connectivity index (χ4n) is 3.07. The van der Waals surface area contributed by atoms with E-state index in [0.29, 0.717) is 6.54 Å². The maximum Gasteiger partial charge on any atom is 0.243 e. The van der Waals surface area contributed by atoms with Crippen LogP contribution in [0.25, 0.3) is 10.2 Å². The van der Waals surface area contributed by atoms with Crippen LogP contribution >= 0.6 is 11.3 Å². The molecule has 1 saturated heterocycles. The third-order valence-corrected chi connectivity index (χ3v) is 5.60. The van der Waals surface area contributed by atoms with Gasteiger partial charge >= 0.3 is 0 Å². The summed E-state index contributed by atoms with van der Waals surface area (Å²) in [6.07, 6.45) is 0. The van der Waals surface area contributed by atoms with Crippen LogP contribution in [0.15, 0.2) is 48.5 Å². The van der Waals surface area contributed by atoms with E-state index in [1.807, 2.05) is 60.5 Å². The highest BCUT2D eigenvalue weighted by Crippen LogP contribution is 2.31. The first-order valence-corrected chi connectivity index (χ1v) is 9.80. The number of carbonyl (C=O) groups is 1. The van der Waals surface area contributed by atoms with Crippen LogP contribution in [0.2, 0.25) is 0 Å². The molecule has 2 aromatic carbocycles. The Labute approximate surface area is 162 Å². The van der Waals surface area contributed by atoms with E-state index in [4.69, 9.17) is 9.72 Å². The van der Waals surface area contributed by atoms with Gasteiger partial charge in [-0.25, -0.2) is 4.98 Å². The van der Waals surface area contributed by atoms with E-state index in [2.05, 4.69) is 10.2 Å². The summed E-state index contributed by atoms with van der Waals surface area (Å²) in [6.45, 7) is 3.52. The van der Waals surface area contributed by atoms with Crippen molar-refractivity contribution in [3.05, 3.63) is 48.5 Å². The molecule has 0 unspecified atom stereocenters. The summed E-state index contributed by atoms with van der Waals surface area (Å²) in [7, 11) is 1.91. The van der Waals surface area contributed by atoms with Crippen molar-refractivity contribution in [2.45, 2.75) is 0 Å². The molecule has 1 fully saturated rings. The van der Waals surface area contributed by atoms with Gasteiger partial charge in [-0.2, -0.15) is 0 Å². The molecule has 0 saturated carbocycles. The van der Waals surface area contributed by atoms with Gasteiger partial charge in [0.15, 0.2) is 5.13 Å². The normalized spacial score (nSPS) is 14.3. The predicted molar refractivity (Wildman–Crippen MR) is 111 cm³/mol. The van der Waals surface area contributed by atoms with Crippen molar-refractivity contribution < 1.29 is 9.53 Å². The Morgan fingerprint density at radius 1 is 1.22 bits per heavy atom. The Morgan fingerprint density at radius 2 is 2.00 bits per heavy atom. The van der Waals surface area contributed by atoms with Crippen molar-refractivity contribution in [1.82, 2.24) is 4.98 Å². The van der Waals surface area contributed by atoms with Crippen LogP contribution in [-0.4, -0.2) is 50.8 Å². The maximum absolute atomic E-state index is 12.4. The minimum atomic E-state index is -0.0429. The Kier molecular flexibility index (Phi) is 5.22. The highest BCUT2D eigenvalue weighted by atomic mass is 32.1. The third kappa shape index (κ3) is 4.20. The number of hydrogen-bond acceptors (Lipinski definition) is 6. The first kappa shape index (κ1) is 17.8. The molecule has 0 bridgehead atoms. The number of aromatic nitrogens is 1. The topological polar surface area (TPSA) is 57.7 Å². The fourth-order valence-corrected chi connectivity index (χ4v) is 4.13. The van der Waals surface area contributed by atoms with Gasteiger partial charge < -0.3 is 19.9 Å². The molecule has 0 radical (unpaired) electrons. The van der Waals surface area contributed by atoms with Crippen molar-refractivity contribution in [1.29, 1.82) is 0 Å². The van der Waals surface area contributed by atoms with Gasteiger partial charge in [0.2, 0.25) is 5.91 Å². The van der Waals surface area contributed by atoms with Gasteiger partial charge in [0.05, 0.1) is 30.0 Å². The lowest BCUT2D eigenvalue weighted by Gasteiger charge is -2.25. The number of anilines is 3. The molecule has 140 valence electrons. The first-order chi connectivity index (χ1) is 13.2. The number of hydrogen-bond donors (Lipinski definition) is 1. The molecule has 0 spiro atoms. The summed E-state index contributed by atoms with van der Waals surface area (Å²) in [5.74, 6) is -0.0429. The van der Waals surface area contributed by atoms with Crippen LogP contribution in [-0.2, 0) is 9.53 Å². The Bertz CT molecular complexity index is 922. The largest absolute Gasteiger partial charge is 0.378 e. The second-order valence-electron chi connectivity index (χ2n) is 6.52. The smallest absolute Gasteiger partial charge is 0.243 e. The van der Waals surface area contributed by atoms with E-state index in [-0.39, 0.29) is 5.91 Å². The van der Waals surface area contributed by atoms with Gasteiger partial charge in [-0.05, 0) is 30.3 Å². The highest BCUT2D eigenvalue weighted by molar-refractivity contribution is 7.22. The molecule has 1 aromatic heterocycles. The van der Waals surface area contributed by atoms with E-state index in [1.54, 1.807) is 11.3 Å². The number of fused-ring (bicyclic) bond motifs is 1. The van der Waals surface area contributed by atoms with E-state index in [9.17, 15) is 4.79 Å². The number of ether oxygens (including phenoxy) is 1. The summed E-state index contributed by atoms with van der Waals surface area (Å²) in [4.78, 5) is 21.3. The monoisotopic (exact) mass is 382 g/mol. The fraction of sp³-hybridized carbons (Fsp3) is 0.300. The SMILES string of the molecule is CN(CC(=O)Nc1ccc2nc(N3CCOCC3)sc2c1)c1ccccc1. The second kappa shape index (κ2) is 7.94. The van der Waals surface area contributed by atoms with Crippen molar-refractivity contribution >= 4 is 44.0 Å². The molecular formula is C20H22N4O2S. The highest BCUT2D eigenvalue weighted by Gasteiger charge is 2.16. The van der Waals surface area contributed by atoms with Crippen LogP contribution in [0, 0.1) is 0 Å². The van der Waals surface area contributed by atoms with Crippen LogP contribution < -0.4 is 15.1 Å². The number of amides is 1. The van der Waals surface area contributed by atoms with Gasteiger partial charge in [0.25, 0.3) is 0 Å². The van der Waals surface area contributed by atoms with Crippen LogP contribution in [0.3, 0.4) is 0 Å². The van der Waals surface area contributed by atoms with Gasteiger partial charge in [0, 0.05) is 31.5 Å². The van der Waals surface area contributed by atoms with E-state index >= 15 is 0 Å². The molecule has 1 aliphatic rings. The molecule has 1 amide bonds. The molecule has 7 heteroatoms. The Hall–Kier alpha value is -2.64. The molecular weight excluding hydrogens is 360 g/mol. The summed E-state index contributed by atoms with van der Waals surface area (Å²) >= 11 is 1.65. The minimum Gasteiger partial charge on any atom is -0.378 e. The molecule has 27 heavy (non-hydrogen) atoms. The minimum absolute atomic E-state index is 0.0429. The molecule has 0 atom stereocenters. The Balaban J connectivity index is 1.43. The molecule has 6 nitrogen and oxygen atoms in total. The van der Waals surface area contributed by atoms with E-state index in [1.165, 1.54) is 0 Å². The zero-order valence-electron chi connectivity index (χ0n) is 15.2. The number of carbonyl (C=O) groups excluding carboxylic acids is 1. The van der Waals surface area contributed by atoms with E-state index in [0.717, 1.165) is 53.0 Å². The Morgan fingerprint density at radius 3 is 2.78 bits per heavy atom. The van der Waals surface area contributed by atoms with Crippen LogP contribution in [0.5, 0.6) is 0 Å². The summed E-state index contributed by atoms with van der Waals surface area (Å²) in [5, 5.41) is 4.00. The number of para-hydroxylation sites is 1. The number of benzene rings is 2. The molecule has 4 rings (SSSR count). The first-order valence-electron chi connectivity index (χ1n) is 8.98. The number of nitrogens with one attached hydrogen (secondary N) is 1. The van der Waals surface area contributed by atoms with Gasteiger partial charge in [-0.3, -0.25) is 4.79 Å². The number of rotatable bonds is 5. The summed E-state index contributed by atoms with van der Waals surface area (Å²) in [5.41, 5.74) is 2.77. The molecule has 2 heterocycles. The van der Waals surface area contributed by atoms with Crippen molar-refractivity contribution in [2.24, 2.45) is 0 Å². The molecule has 3 aromatic rings. The standard InChI is InChI=1S/C20H22N4O2S/c1-23(16-5-3-2-4-6-16)14-19(25)21-15-7-8-17-18(13-15)27-20(22-17)24-9-11-26-12-10-24/h2-8,13H,9-12,14H2,1H3,(H,21,25). The zero-order valence-corrected chi connectivity index (χ0v) is 16.0. The molecule has 1 aliphatic heterocycles. The lowest BCUT2D eigenvalue weighted by atomic mass is 10.3. The number of nitrogens with zero attached hydrogens (tertiary/aromatic N) is 3. The molecule has 0 aliphatic carbocycles. The second-order valence-corrected chi connectivity index (χ2v) is 7.53. The summed E-state index contributed by atoms with van der Waals surface area (Å²) in [6, 6.07) is 15.7. The predicted octanol–water partition coefficient (Wildman–Crippen LogP) is 3.21. The number of thiazole rings is 1. The van der Waals surface area contributed by atoms with Crippen molar-refractivity contribution in [3.63, 3.8) is 0 Å². The maximum atomic E-state index is 12.4. The van der Waals surface area contributed by atoms with Crippen molar-refractivity contribution in [3.8, 4) is 0 Å². The lowest BCUT2D eigenvalue weighted by molar-refractivity contribution is -0.114. The number of likely N-dealkylation sites (N-methyl/N-ethyl adjacent to an activating group) is 1. The van der Waals surface area contributed by atoms with Gasteiger partial charge in [-0.1, -0.05) is 29.5 Å². The number of morpholine rings is 1. The van der Waals surface area contributed by atoms with Crippen molar-refractivity contribution in [2.75, 3.05) is 55.0 Å². The van der Waals surface area contributed by atoms with Crippen LogP contribution in [0.4, 0.5) is 16.5 Å². The average Bonchev–Trinajstić information content (AvgIpc) is 3.12. The van der Waals surface area contributed by atoms with Crippen LogP contribution in [0.1, 0.15) is 0 Å².